The molecule has 2 aromatic rings. The first-order valence-corrected chi connectivity index (χ1v) is 10.8. The van der Waals surface area contributed by atoms with E-state index in [1.807, 2.05) is 0 Å². The van der Waals surface area contributed by atoms with Crippen molar-refractivity contribution in [2.24, 2.45) is 0 Å². The molecule has 0 spiro atoms. The molecule has 0 N–H and O–H groups in total. The molecule has 0 saturated carbocycles. The van der Waals surface area contributed by atoms with Crippen molar-refractivity contribution < 1.29 is 30.0 Å². The lowest BCUT2D eigenvalue weighted by Gasteiger charge is -2.08. The van der Waals surface area contributed by atoms with Gasteiger partial charge >= 0.3 is 6.18 Å². The summed E-state index contributed by atoms with van der Waals surface area (Å²) in [6.45, 7) is 0. The van der Waals surface area contributed by atoms with E-state index < -0.39 is 30.6 Å². The lowest BCUT2D eigenvalue weighted by molar-refractivity contribution is -0.137. The van der Waals surface area contributed by atoms with Crippen LogP contribution >= 0.6 is 10.7 Å². The van der Waals surface area contributed by atoms with E-state index in [0.717, 1.165) is 36.4 Å². The van der Waals surface area contributed by atoms with Gasteiger partial charge in [0.2, 0.25) is 0 Å². The Kier molecular flexibility index (Phi) is 5.50. The third kappa shape index (κ3) is 5.20. The van der Waals surface area contributed by atoms with E-state index in [2.05, 4.69) is 0 Å². The molecule has 0 aliphatic heterocycles. The number of aryl methyl sites for hydroxylation is 1. The van der Waals surface area contributed by atoms with E-state index in [0.29, 0.717) is 5.56 Å². The zero-order chi connectivity index (χ0) is 18.9. The number of halogens is 4. The van der Waals surface area contributed by atoms with Gasteiger partial charge in [0.05, 0.1) is 21.1 Å². The van der Waals surface area contributed by atoms with E-state index in [9.17, 15) is 30.0 Å². The highest BCUT2D eigenvalue weighted by molar-refractivity contribution is 8.13. The van der Waals surface area contributed by atoms with Crippen molar-refractivity contribution in [3.8, 4) is 0 Å². The molecule has 0 saturated heterocycles. The quantitative estimate of drug-likeness (QED) is 0.703. The van der Waals surface area contributed by atoms with Gasteiger partial charge < -0.3 is 0 Å². The van der Waals surface area contributed by atoms with Gasteiger partial charge in [-0.1, -0.05) is 12.1 Å². The van der Waals surface area contributed by atoms with E-state index in [-0.39, 0.29) is 22.0 Å². The van der Waals surface area contributed by atoms with Gasteiger partial charge in [0.1, 0.15) is 0 Å². The molecule has 0 aliphatic carbocycles. The molecule has 0 heterocycles. The van der Waals surface area contributed by atoms with Crippen molar-refractivity contribution >= 4 is 29.6 Å². The lowest BCUT2D eigenvalue weighted by atomic mass is 10.1. The molecule has 25 heavy (non-hydrogen) atoms. The van der Waals surface area contributed by atoms with Crippen LogP contribution in [0, 0.1) is 0 Å². The normalized spacial score (nSPS) is 13.0. The molecule has 0 bridgehead atoms. The number of alkyl halides is 3. The molecular weight excluding hydrogens is 401 g/mol. The SMILES string of the molecule is O=S(=O)(Cl)c1ccc(S(=O)(=O)CCc2ccc(C(F)(F)F)cc2)cc1. The van der Waals surface area contributed by atoms with Crippen LogP contribution in [0.4, 0.5) is 13.2 Å². The summed E-state index contributed by atoms with van der Waals surface area (Å²) in [5, 5.41) is 0. The van der Waals surface area contributed by atoms with Gasteiger partial charge in [0.25, 0.3) is 9.05 Å². The van der Waals surface area contributed by atoms with Crippen LogP contribution in [0.3, 0.4) is 0 Å². The number of hydrogen-bond acceptors (Lipinski definition) is 4. The lowest BCUT2D eigenvalue weighted by Crippen LogP contribution is -2.10. The van der Waals surface area contributed by atoms with Crippen LogP contribution in [0.1, 0.15) is 11.1 Å². The van der Waals surface area contributed by atoms with Crippen molar-refractivity contribution in [2.45, 2.75) is 22.4 Å². The first-order chi connectivity index (χ1) is 11.4. The Balaban J connectivity index is 2.11. The largest absolute Gasteiger partial charge is 0.416 e. The summed E-state index contributed by atoms with van der Waals surface area (Å²) in [6.07, 6.45) is -4.43. The second-order valence-corrected chi connectivity index (χ2v) is 9.85. The molecule has 0 radical (unpaired) electrons. The van der Waals surface area contributed by atoms with E-state index in [4.69, 9.17) is 10.7 Å². The topological polar surface area (TPSA) is 68.3 Å². The fraction of sp³-hybridized carbons (Fsp3) is 0.200. The van der Waals surface area contributed by atoms with Crippen molar-refractivity contribution in [1.29, 1.82) is 0 Å². The Morgan fingerprint density at radius 1 is 0.800 bits per heavy atom. The number of rotatable bonds is 5. The average molecular weight is 413 g/mol. The van der Waals surface area contributed by atoms with Crippen molar-refractivity contribution in [3.63, 3.8) is 0 Å². The van der Waals surface area contributed by atoms with Crippen molar-refractivity contribution in [2.75, 3.05) is 5.75 Å². The Hall–Kier alpha value is -1.58. The average Bonchev–Trinajstić information content (AvgIpc) is 2.52. The van der Waals surface area contributed by atoms with Crippen LogP contribution in [0.2, 0.25) is 0 Å². The molecule has 0 aliphatic rings. The van der Waals surface area contributed by atoms with Crippen LogP contribution in [-0.2, 0) is 31.5 Å². The van der Waals surface area contributed by atoms with Crippen molar-refractivity contribution in [1.82, 2.24) is 0 Å². The maximum Gasteiger partial charge on any atom is 0.416 e. The predicted molar refractivity (Wildman–Crippen MR) is 86.7 cm³/mol. The number of benzene rings is 2. The molecule has 0 amide bonds. The Labute approximate surface area is 147 Å². The zero-order valence-corrected chi connectivity index (χ0v) is 14.9. The fourth-order valence-corrected chi connectivity index (χ4v) is 4.10. The summed E-state index contributed by atoms with van der Waals surface area (Å²) < 4.78 is 84.2. The molecule has 0 atom stereocenters. The van der Waals surface area contributed by atoms with Gasteiger partial charge in [-0.2, -0.15) is 13.2 Å². The van der Waals surface area contributed by atoms with Crippen LogP contribution in [0.25, 0.3) is 0 Å². The standard InChI is InChI=1S/C15H12ClF3O4S2/c16-25(22,23)14-7-5-13(6-8-14)24(20,21)10-9-11-1-3-12(4-2-11)15(17,18)19/h1-8H,9-10H2. The third-order valence-electron chi connectivity index (χ3n) is 3.41. The molecule has 2 aromatic carbocycles. The summed E-state index contributed by atoms with van der Waals surface area (Å²) >= 11 is 0. The Morgan fingerprint density at radius 2 is 1.28 bits per heavy atom. The molecular formula is C15H12ClF3O4S2. The van der Waals surface area contributed by atoms with E-state index in [1.54, 1.807) is 0 Å². The smallest absolute Gasteiger partial charge is 0.224 e. The first-order valence-electron chi connectivity index (χ1n) is 6.83. The summed E-state index contributed by atoms with van der Waals surface area (Å²) in [5.74, 6) is -0.328. The second kappa shape index (κ2) is 6.97. The van der Waals surface area contributed by atoms with Crippen LogP contribution in [0.5, 0.6) is 0 Å². The minimum atomic E-state index is -4.45. The molecule has 136 valence electrons. The summed E-state index contributed by atoms with van der Waals surface area (Å²) in [7, 11) is -2.52. The maximum atomic E-state index is 12.5. The molecule has 0 fully saturated rings. The first kappa shape index (κ1) is 19.7. The Morgan fingerprint density at radius 3 is 1.72 bits per heavy atom. The molecule has 10 heteroatoms. The second-order valence-electron chi connectivity index (χ2n) is 5.17. The highest BCUT2D eigenvalue weighted by Gasteiger charge is 2.30. The van der Waals surface area contributed by atoms with Crippen LogP contribution in [0.15, 0.2) is 58.3 Å². The number of sulfone groups is 1. The van der Waals surface area contributed by atoms with E-state index >= 15 is 0 Å². The summed E-state index contributed by atoms with van der Waals surface area (Å²) in [6, 6.07) is 8.63. The van der Waals surface area contributed by atoms with Gasteiger partial charge in [-0.3, -0.25) is 0 Å². The number of hydrogen-bond donors (Lipinski definition) is 0. The van der Waals surface area contributed by atoms with Gasteiger partial charge in [-0.15, -0.1) is 0 Å². The van der Waals surface area contributed by atoms with Gasteiger partial charge in [-0.05, 0) is 48.4 Å². The van der Waals surface area contributed by atoms with Crippen molar-refractivity contribution in [3.05, 3.63) is 59.7 Å². The molecule has 4 nitrogen and oxygen atoms in total. The fourth-order valence-electron chi connectivity index (χ4n) is 2.04. The molecule has 2 rings (SSSR count). The monoisotopic (exact) mass is 412 g/mol. The highest BCUT2D eigenvalue weighted by Crippen LogP contribution is 2.29. The molecule has 0 unspecified atom stereocenters. The van der Waals surface area contributed by atoms with Gasteiger partial charge in [0, 0.05) is 10.7 Å². The summed E-state index contributed by atoms with van der Waals surface area (Å²) in [4.78, 5) is -0.320. The Bertz CT molecular complexity index is 949. The van der Waals surface area contributed by atoms with E-state index in [1.165, 1.54) is 12.1 Å². The highest BCUT2D eigenvalue weighted by atomic mass is 35.7. The molecule has 0 aromatic heterocycles. The minimum Gasteiger partial charge on any atom is -0.224 e. The predicted octanol–water partition coefficient (Wildman–Crippen LogP) is 3.65. The zero-order valence-electron chi connectivity index (χ0n) is 12.5. The third-order valence-corrected chi connectivity index (χ3v) is 6.51. The van der Waals surface area contributed by atoms with Gasteiger partial charge in [0.15, 0.2) is 9.84 Å². The summed E-state index contributed by atoms with van der Waals surface area (Å²) in [5.41, 5.74) is -0.367. The maximum absolute atomic E-state index is 12.5. The van der Waals surface area contributed by atoms with Gasteiger partial charge in [-0.25, -0.2) is 16.8 Å². The van der Waals surface area contributed by atoms with Crippen LogP contribution < -0.4 is 0 Å². The minimum absolute atomic E-state index is 0.0238. The van der Waals surface area contributed by atoms with Crippen LogP contribution in [-0.4, -0.2) is 22.6 Å².